The largest absolute Gasteiger partial charge is 0.339 e. The highest BCUT2D eigenvalue weighted by Crippen LogP contribution is 2.39. The van der Waals surface area contributed by atoms with Crippen molar-refractivity contribution < 1.29 is 13.7 Å². The second-order valence-corrected chi connectivity index (χ2v) is 5.62. The predicted octanol–water partition coefficient (Wildman–Crippen LogP) is 2.61. The first-order valence-electron chi connectivity index (χ1n) is 7.11. The lowest BCUT2D eigenvalue weighted by Gasteiger charge is -2.16. The van der Waals surface area contributed by atoms with Crippen LogP contribution < -0.4 is 4.90 Å². The maximum atomic E-state index is 13.8. The van der Waals surface area contributed by atoms with Crippen molar-refractivity contribution in [2.75, 3.05) is 11.4 Å². The number of aromatic nitrogens is 2. The van der Waals surface area contributed by atoms with Gasteiger partial charge in [-0.15, -0.1) is 0 Å². The Balaban J connectivity index is 1.57. The highest BCUT2D eigenvalue weighted by atomic mass is 19.1. The first-order valence-corrected chi connectivity index (χ1v) is 7.11. The van der Waals surface area contributed by atoms with Crippen LogP contribution in [0, 0.1) is 5.82 Å². The summed E-state index contributed by atoms with van der Waals surface area (Å²) < 4.78 is 19.1. The van der Waals surface area contributed by atoms with Crippen molar-refractivity contribution in [3.05, 3.63) is 41.8 Å². The van der Waals surface area contributed by atoms with Gasteiger partial charge in [0.15, 0.2) is 5.82 Å². The molecule has 5 nitrogen and oxygen atoms in total. The molecule has 1 aliphatic heterocycles. The van der Waals surface area contributed by atoms with Gasteiger partial charge in [0.05, 0.1) is 11.6 Å². The fourth-order valence-corrected chi connectivity index (χ4v) is 2.70. The average molecular weight is 287 g/mol. The molecule has 21 heavy (non-hydrogen) atoms. The van der Waals surface area contributed by atoms with E-state index in [2.05, 4.69) is 10.1 Å². The highest BCUT2D eigenvalue weighted by Gasteiger charge is 2.37. The highest BCUT2D eigenvalue weighted by molar-refractivity contribution is 5.96. The molecule has 4 rings (SSSR count). The summed E-state index contributed by atoms with van der Waals surface area (Å²) in [7, 11) is 0. The Morgan fingerprint density at radius 3 is 2.81 bits per heavy atom. The number of para-hydroxylation sites is 1. The normalized spacial score (nSPS) is 22.0. The third-order valence-electron chi connectivity index (χ3n) is 4.02. The minimum Gasteiger partial charge on any atom is -0.339 e. The standard InChI is InChI=1S/C15H14FN3O2/c16-11-3-1-2-4-12(11)19-8-10(7-13(19)20)15-17-14(18-21-15)9-5-6-9/h1-4,9-10H,5-8H2. The van der Waals surface area contributed by atoms with Gasteiger partial charge in [0.1, 0.15) is 5.82 Å². The van der Waals surface area contributed by atoms with E-state index < -0.39 is 5.82 Å². The number of anilines is 1. The summed E-state index contributed by atoms with van der Waals surface area (Å²) in [4.78, 5) is 18.0. The van der Waals surface area contributed by atoms with Crippen molar-refractivity contribution in [2.45, 2.75) is 31.1 Å². The number of nitrogens with zero attached hydrogens (tertiary/aromatic N) is 3. The molecule has 0 radical (unpaired) electrons. The fourth-order valence-electron chi connectivity index (χ4n) is 2.70. The second-order valence-electron chi connectivity index (χ2n) is 5.62. The van der Waals surface area contributed by atoms with E-state index in [0.717, 1.165) is 18.7 Å². The summed E-state index contributed by atoms with van der Waals surface area (Å²) in [6.07, 6.45) is 2.48. The molecule has 1 aliphatic carbocycles. The summed E-state index contributed by atoms with van der Waals surface area (Å²) >= 11 is 0. The lowest BCUT2D eigenvalue weighted by Crippen LogP contribution is -2.25. The van der Waals surface area contributed by atoms with Crippen LogP contribution in [0.3, 0.4) is 0 Å². The van der Waals surface area contributed by atoms with Crippen LogP contribution in [0.5, 0.6) is 0 Å². The number of carbonyl (C=O) groups excluding carboxylic acids is 1. The van der Waals surface area contributed by atoms with Gasteiger partial charge in [-0.2, -0.15) is 4.98 Å². The Morgan fingerprint density at radius 1 is 1.24 bits per heavy atom. The zero-order valence-electron chi connectivity index (χ0n) is 11.3. The fraction of sp³-hybridized carbons (Fsp3) is 0.400. The molecule has 2 fully saturated rings. The molecule has 0 bridgehead atoms. The Kier molecular flexibility index (Phi) is 2.77. The van der Waals surface area contributed by atoms with Gasteiger partial charge < -0.3 is 9.42 Å². The Labute approximate surface area is 120 Å². The quantitative estimate of drug-likeness (QED) is 0.870. The van der Waals surface area contributed by atoms with Crippen LogP contribution >= 0.6 is 0 Å². The monoisotopic (exact) mass is 287 g/mol. The third kappa shape index (κ3) is 2.20. The molecule has 6 heteroatoms. The minimum absolute atomic E-state index is 0.115. The molecular weight excluding hydrogens is 273 g/mol. The van der Waals surface area contributed by atoms with Gasteiger partial charge in [0.2, 0.25) is 11.8 Å². The van der Waals surface area contributed by atoms with E-state index in [0.29, 0.717) is 24.0 Å². The summed E-state index contributed by atoms with van der Waals surface area (Å²) in [6.45, 7) is 0.381. The minimum atomic E-state index is -0.393. The van der Waals surface area contributed by atoms with Crippen molar-refractivity contribution in [3.8, 4) is 0 Å². The summed E-state index contributed by atoms with van der Waals surface area (Å²) in [5.41, 5.74) is 0.312. The number of rotatable bonds is 3. The molecule has 1 amide bonds. The number of hydrogen-bond acceptors (Lipinski definition) is 4. The van der Waals surface area contributed by atoms with Crippen LogP contribution in [0.2, 0.25) is 0 Å². The molecule has 2 aliphatic rings. The van der Waals surface area contributed by atoms with E-state index in [1.54, 1.807) is 18.2 Å². The Morgan fingerprint density at radius 2 is 2.05 bits per heavy atom. The molecule has 1 saturated carbocycles. The van der Waals surface area contributed by atoms with Gasteiger partial charge in [-0.3, -0.25) is 4.79 Å². The zero-order chi connectivity index (χ0) is 14.4. The summed E-state index contributed by atoms with van der Waals surface area (Å²) in [5, 5.41) is 3.97. The van der Waals surface area contributed by atoms with Crippen molar-refractivity contribution in [1.29, 1.82) is 0 Å². The van der Waals surface area contributed by atoms with Crippen LogP contribution in [-0.2, 0) is 4.79 Å². The van der Waals surface area contributed by atoms with Gasteiger partial charge in [-0.05, 0) is 25.0 Å². The molecule has 1 aromatic heterocycles. The predicted molar refractivity (Wildman–Crippen MR) is 72.4 cm³/mol. The maximum Gasteiger partial charge on any atom is 0.232 e. The molecule has 2 heterocycles. The van der Waals surface area contributed by atoms with Gasteiger partial charge in [0.25, 0.3) is 0 Å². The lowest BCUT2D eigenvalue weighted by atomic mass is 10.1. The van der Waals surface area contributed by atoms with Crippen molar-refractivity contribution >= 4 is 11.6 Å². The first-order chi connectivity index (χ1) is 10.2. The van der Waals surface area contributed by atoms with E-state index in [4.69, 9.17) is 4.52 Å². The van der Waals surface area contributed by atoms with Crippen LogP contribution in [0.15, 0.2) is 28.8 Å². The Bertz CT molecular complexity index is 696. The molecule has 0 spiro atoms. The first kappa shape index (κ1) is 12.5. The zero-order valence-corrected chi connectivity index (χ0v) is 11.3. The summed E-state index contributed by atoms with van der Waals surface area (Å²) in [5.74, 6) is 0.984. The van der Waals surface area contributed by atoms with Crippen LogP contribution in [0.25, 0.3) is 0 Å². The van der Waals surface area contributed by atoms with Crippen LogP contribution in [-0.4, -0.2) is 22.6 Å². The summed E-state index contributed by atoms with van der Waals surface area (Å²) in [6, 6.07) is 6.29. The van der Waals surface area contributed by atoms with E-state index in [-0.39, 0.29) is 18.2 Å². The number of benzene rings is 1. The van der Waals surface area contributed by atoms with Gasteiger partial charge in [0, 0.05) is 18.9 Å². The maximum absolute atomic E-state index is 13.8. The van der Waals surface area contributed by atoms with E-state index in [1.807, 2.05) is 0 Å². The average Bonchev–Trinajstić information content (AvgIpc) is 3.08. The second kappa shape index (κ2) is 4.65. The number of amides is 1. The Hall–Kier alpha value is -2.24. The molecule has 1 aromatic carbocycles. The lowest BCUT2D eigenvalue weighted by molar-refractivity contribution is -0.117. The molecule has 1 atom stereocenters. The molecule has 1 unspecified atom stereocenters. The number of carbonyl (C=O) groups is 1. The molecule has 0 N–H and O–H groups in total. The van der Waals surface area contributed by atoms with Gasteiger partial charge in [-0.25, -0.2) is 4.39 Å². The van der Waals surface area contributed by atoms with Crippen LogP contribution in [0.1, 0.15) is 42.8 Å². The molecule has 1 saturated heterocycles. The molecule has 108 valence electrons. The number of halogens is 1. The molecule has 2 aromatic rings. The van der Waals surface area contributed by atoms with E-state index in [9.17, 15) is 9.18 Å². The van der Waals surface area contributed by atoms with Gasteiger partial charge in [-0.1, -0.05) is 17.3 Å². The van der Waals surface area contributed by atoms with E-state index >= 15 is 0 Å². The smallest absolute Gasteiger partial charge is 0.232 e. The number of hydrogen-bond donors (Lipinski definition) is 0. The van der Waals surface area contributed by atoms with Crippen LogP contribution in [0.4, 0.5) is 10.1 Å². The van der Waals surface area contributed by atoms with Gasteiger partial charge >= 0.3 is 0 Å². The SMILES string of the molecule is O=C1CC(c2nc(C3CC3)no2)CN1c1ccccc1F. The topological polar surface area (TPSA) is 59.2 Å². The third-order valence-corrected chi connectivity index (χ3v) is 4.02. The van der Waals surface area contributed by atoms with Crippen molar-refractivity contribution in [1.82, 2.24) is 10.1 Å². The van der Waals surface area contributed by atoms with Crippen molar-refractivity contribution in [3.63, 3.8) is 0 Å². The van der Waals surface area contributed by atoms with Crippen molar-refractivity contribution in [2.24, 2.45) is 0 Å². The molecular formula is C15H14FN3O2. The van der Waals surface area contributed by atoms with E-state index in [1.165, 1.54) is 11.0 Å².